The molecule has 19 heavy (non-hydrogen) atoms. The highest BCUT2D eigenvalue weighted by molar-refractivity contribution is 7.99. The quantitative estimate of drug-likeness (QED) is 0.628. The topological polar surface area (TPSA) is 86.3 Å². The molecule has 0 heterocycles. The minimum Gasteiger partial charge on any atom is -0.258 e. The van der Waals surface area contributed by atoms with Crippen LogP contribution in [-0.2, 0) is 0 Å². The number of rotatable bonds is 4. The Morgan fingerprint density at radius 2 is 1.63 bits per heavy atom. The highest BCUT2D eigenvalue weighted by atomic mass is 32.2. The molecule has 0 aliphatic heterocycles. The lowest BCUT2D eigenvalue weighted by Gasteiger charge is -2.02. The number of nitro groups is 2. The first-order chi connectivity index (χ1) is 9.08. The van der Waals surface area contributed by atoms with Gasteiger partial charge < -0.3 is 0 Å². The predicted octanol–water partition coefficient (Wildman–Crippen LogP) is 3.65. The predicted molar refractivity (Wildman–Crippen MR) is 70.3 cm³/mol. The van der Waals surface area contributed by atoms with E-state index in [1.54, 1.807) is 30.3 Å². The van der Waals surface area contributed by atoms with E-state index in [-0.39, 0.29) is 11.4 Å². The van der Waals surface area contributed by atoms with Crippen LogP contribution in [0.4, 0.5) is 11.4 Å². The lowest BCUT2D eigenvalue weighted by Crippen LogP contribution is -1.90. The summed E-state index contributed by atoms with van der Waals surface area (Å²) in [5.74, 6) is 0. The Labute approximate surface area is 112 Å². The summed E-state index contributed by atoms with van der Waals surface area (Å²) >= 11 is 1.13. The molecule has 2 aromatic carbocycles. The molecule has 0 bridgehead atoms. The molecule has 2 aromatic rings. The second kappa shape index (κ2) is 5.49. The van der Waals surface area contributed by atoms with Gasteiger partial charge >= 0.3 is 0 Å². The van der Waals surface area contributed by atoms with Crippen molar-refractivity contribution in [3.8, 4) is 0 Å². The van der Waals surface area contributed by atoms with Crippen LogP contribution in [0.2, 0.25) is 0 Å². The Balaban J connectivity index is 2.34. The van der Waals surface area contributed by atoms with Crippen molar-refractivity contribution in [2.45, 2.75) is 9.79 Å². The molecule has 0 fully saturated rings. The molecule has 2 rings (SSSR count). The van der Waals surface area contributed by atoms with Gasteiger partial charge in [-0.15, -0.1) is 0 Å². The van der Waals surface area contributed by atoms with Gasteiger partial charge in [0.05, 0.1) is 14.7 Å². The van der Waals surface area contributed by atoms with Crippen molar-refractivity contribution < 1.29 is 9.85 Å². The van der Waals surface area contributed by atoms with Gasteiger partial charge in [0.1, 0.15) is 0 Å². The van der Waals surface area contributed by atoms with Gasteiger partial charge in [-0.1, -0.05) is 30.0 Å². The molecular formula is C12H8N2O4S. The van der Waals surface area contributed by atoms with E-state index >= 15 is 0 Å². The molecule has 0 aliphatic rings. The third kappa shape index (κ3) is 3.08. The summed E-state index contributed by atoms with van der Waals surface area (Å²) in [5, 5.41) is 21.5. The van der Waals surface area contributed by atoms with Crippen LogP contribution in [-0.4, -0.2) is 9.85 Å². The van der Waals surface area contributed by atoms with Gasteiger partial charge in [0.25, 0.3) is 11.4 Å². The fourth-order valence-corrected chi connectivity index (χ4v) is 2.46. The van der Waals surface area contributed by atoms with Crippen molar-refractivity contribution in [3.63, 3.8) is 0 Å². The normalized spacial score (nSPS) is 10.1. The van der Waals surface area contributed by atoms with Crippen LogP contribution in [0.15, 0.2) is 58.3 Å². The van der Waals surface area contributed by atoms with Gasteiger partial charge in [0, 0.05) is 23.1 Å². The minimum atomic E-state index is -0.497. The highest BCUT2D eigenvalue weighted by Gasteiger charge is 2.14. The number of para-hydroxylation sites is 1. The molecule has 0 atom stereocenters. The van der Waals surface area contributed by atoms with Crippen LogP contribution in [0.1, 0.15) is 0 Å². The standard InChI is InChI=1S/C12H8N2O4S/c15-13(16)9-4-3-5-10(8-9)19-12-7-2-1-6-11(12)14(17)18/h1-8H. The molecule has 0 N–H and O–H groups in total. The van der Waals surface area contributed by atoms with Crippen molar-refractivity contribution in [1.82, 2.24) is 0 Å². The number of nitro benzene ring substituents is 2. The number of hydrogen-bond acceptors (Lipinski definition) is 5. The van der Waals surface area contributed by atoms with E-state index in [0.717, 1.165) is 11.8 Å². The van der Waals surface area contributed by atoms with E-state index in [1.807, 2.05) is 0 Å². The van der Waals surface area contributed by atoms with Crippen LogP contribution in [0.5, 0.6) is 0 Å². The zero-order valence-electron chi connectivity index (χ0n) is 9.55. The molecule has 0 aliphatic carbocycles. The van der Waals surface area contributed by atoms with Crippen molar-refractivity contribution >= 4 is 23.1 Å². The van der Waals surface area contributed by atoms with Gasteiger partial charge in [-0.25, -0.2) is 0 Å². The second-order valence-electron chi connectivity index (χ2n) is 3.58. The molecule has 7 heteroatoms. The van der Waals surface area contributed by atoms with Crippen LogP contribution in [0.3, 0.4) is 0 Å². The van der Waals surface area contributed by atoms with Crippen molar-refractivity contribution in [2.24, 2.45) is 0 Å². The first-order valence-corrected chi connectivity index (χ1v) is 6.05. The lowest BCUT2D eigenvalue weighted by atomic mass is 10.3. The SMILES string of the molecule is O=[N+]([O-])c1cccc(Sc2ccccc2[N+](=O)[O-])c1. The summed E-state index contributed by atoms with van der Waals surface area (Å²) in [4.78, 5) is 21.6. The van der Waals surface area contributed by atoms with E-state index in [4.69, 9.17) is 0 Å². The first-order valence-electron chi connectivity index (χ1n) is 5.23. The molecule has 0 saturated carbocycles. The first kappa shape index (κ1) is 13.0. The summed E-state index contributed by atoms with van der Waals surface area (Å²) < 4.78 is 0. The Bertz CT molecular complexity index is 645. The second-order valence-corrected chi connectivity index (χ2v) is 4.70. The number of non-ortho nitro benzene ring substituents is 1. The van der Waals surface area contributed by atoms with Gasteiger partial charge in [-0.2, -0.15) is 0 Å². The van der Waals surface area contributed by atoms with Crippen LogP contribution in [0.25, 0.3) is 0 Å². The Morgan fingerprint density at radius 1 is 0.895 bits per heavy atom. The third-order valence-electron chi connectivity index (χ3n) is 2.32. The Morgan fingerprint density at radius 3 is 2.32 bits per heavy atom. The third-order valence-corrected chi connectivity index (χ3v) is 3.37. The molecule has 96 valence electrons. The summed E-state index contributed by atoms with van der Waals surface area (Å²) in [6.45, 7) is 0. The van der Waals surface area contributed by atoms with E-state index in [2.05, 4.69) is 0 Å². The van der Waals surface area contributed by atoms with Crippen LogP contribution in [0, 0.1) is 20.2 Å². The maximum absolute atomic E-state index is 10.9. The smallest absolute Gasteiger partial charge is 0.258 e. The van der Waals surface area contributed by atoms with Crippen LogP contribution >= 0.6 is 11.8 Å². The molecular weight excluding hydrogens is 268 g/mol. The molecule has 0 spiro atoms. The van der Waals surface area contributed by atoms with Gasteiger partial charge in [-0.3, -0.25) is 20.2 Å². The summed E-state index contributed by atoms with van der Waals surface area (Å²) in [6, 6.07) is 12.3. The van der Waals surface area contributed by atoms with E-state index < -0.39 is 9.85 Å². The van der Waals surface area contributed by atoms with Crippen molar-refractivity contribution in [3.05, 3.63) is 68.8 Å². The zero-order valence-corrected chi connectivity index (χ0v) is 10.4. The molecule has 6 nitrogen and oxygen atoms in total. The average molecular weight is 276 g/mol. The molecule has 0 radical (unpaired) electrons. The highest BCUT2D eigenvalue weighted by Crippen LogP contribution is 2.35. The summed E-state index contributed by atoms with van der Waals surface area (Å²) in [6.07, 6.45) is 0. The van der Waals surface area contributed by atoms with E-state index in [1.165, 1.54) is 18.2 Å². The number of hydrogen-bond donors (Lipinski definition) is 0. The monoisotopic (exact) mass is 276 g/mol. The average Bonchev–Trinajstić information content (AvgIpc) is 2.39. The fraction of sp³-hybridized carbons (Fsp3) is 0. The summed E-state index contributed by atoms with van der Waals surface area (Å²) in [7, 11) is 0. The van der Waals surface area contributed by atoms with Crippen molar-refractivity contribution in [2.75, 3.05) is 0 Å². The van der Waals surface area contributed by atoms with Gasteiger partial charge in [0.2, 0.25) is 0 Å². The van der Waals surface area contributed by atoms with E-state index in [9.17, 15) is 20.2 Å². The minimum absolute atomic E-state index is 0.0148. The molecule has 0 saturated heterocycles. The van der Waals surface area contributed by atoms with Crippen molar-refractivity contribution in [1.29, 1.82) is 0 Å². The van der Waals surface area contributed by atoms with Crippen LogP contribution < -0.4 is 0 Å². The lowest BCUT2D eigenvalue weighted by molar-refractivity contribution is -0.387. The molecule has 0 amide bonds. The molecule has 0 aromatic heterocycles. The molecule has 0 unspecified atom stereocenters. The zero-order chi connectivity index (χ0) is 13.8. The largest absolute Gasteiger partial charge is 0.283 e. The number of benzene rings is 2. The van der Waals surface area contributed by atoms with Gasteiger partial charge in [-0.05, 0) is 12.1 Å². The fourth-order valence-electron chi connectivity index (χ4n) is 1.48. The van der Waals surface area contributed by atoms with Gasteiger partial charge in [0.15, 0.2) is 0 Å². The maximum atomic E-state index is 10.9. The Kier molecular flexibility index (Phi) is 3.76. The Hall–Kier alpha value is -2.41. The summed E-state index contributed by atoms with van der Waals surface area (Å²) in [5.41, 5.74) is -0.0532. The number of nitrogens with zero attached hydrogens (tertiary/aromatic N) is 2. The maximum Gasteiger partial charge on any atom is 0.283 e. The van der Waals surface area contributed by atoms with E-state index in [0.29, 0.717) is 9.79 Å².